The fourth-order valence-corrected chi connectivity index (χ4v) is 2.91. The number of amides is 1. The van der Waals surface area contributed by atoms with Gasteiger partial charge in [0.25, 0.3) is 5.91 Å². The summed E-state index contributed by atoms with van der Waals surface area (Å²) in [7, 11) is -2.00. The first kappa shape index (κ1) is 22.5. The van der Waals surface area contributed by atoms with Crippen LogP contribution in [0.1, 0.15) is 18.9 Å². The summed E-state index contributed by atoms with van der Waals surface area (Å²) in [5, 5.41) is 2.42. The second kappa shape index (κ2) is 8.73. The van der Waals surface area contributed by atoms with E-state index in [0.29, 0.717) is 11.4 Å². The lowest BCUT2D eigenvalue weighted by Gasteiger charge is -2.19. The van der Waals surface area contributed by atoms with E-state index in [1.54, 1.807) is 6.92 Å². The van der Waals surface area contributed by atoms with Crippen LogP contribution in [-0.4, -0.2) is 33.7 Å². The molecule has 2 aromatic carbocycles. The average Bonchev–Trinajstić information content (AvgIpc) is 2.64. The Kier molecular flexibility index (Phi) is 6.78. The van der Waals surface area contributed by atoms with E-state index in [1.807, 2.05) is 0 Å². The SMILES string of the molecule is CC[C@H](Oc1ccc(N(C)S(C)(=O)=O)cc1)C(=O)Nc1cccc(C(F)(F)F)c1. The summed E-state index contributed by atoms with van der Waals surface area (Å²) in [4.78, 5) is 12.4. The molecule has 29 heavy (non-hydrogen) atoms. The van der Waals surface area contributed by atoms with Gasteiger partial charge in [0.1, 0.15) is 5.75 Å². The van der Waals surface area contributed by atoms with Crippen LogP contribution in [-0.2, 0) is 21.0 Å². The van der Waals surface area contributed by atoms with Crippen molar-refractivity contribution < 1.29 is 31.1 Å². The quantitative estimate of drug-likeness (QED) is 0.723. The minimum atomic E-state index is -4.51. The Balaban J connectivity index is 2.09. The van der Waals surface area contributed by atoms with Crippen LogP contribution in [0.15, 0.2) is 48.5 Å². The fourth-order valence-electron chi connectivity index (χ4n) is 2.41. The first-order chi connectivity index (χ1) is 13.4. The standard InChI is InChI=1S/C19H21F3N2O4S/c1-4-17(18(25)23-14-7-5-6-13(12-14)19(20,21)22)28-16-10-8-15(9-11-16)24(2)29(3,26)27/h5-12,17H,4H2,1-3H3,(H,23,25)/t17-/m0/s1. The number of hydrogen-bond donors (Lipinski definition) is 1. The summed E-state index contributed by atoms with van der Waals surface area (Å²) in [6.45, 7) is 1.70. The summed E-state index contributed by atoms with van der Waals surface area (Å²) >= 11 is 0. The third-order valence-electron chi connectivity index (χ3n) is 4.10. The Hall–Kier alpha value is -2.75. The number of nitrogens with one attached hydrogen (secondary N) is 1. The number of sulfonamides is 1. The molecule has 0 aliphatic carbocycles. The summed E-state index contributed by atoms with van der Waals surface area (Å²) in [6, 6.07) is 10.4. The van der Waals surface area contributed by atoms with Crippen molar-refractivity contribution in [3.05, 3.63) is 54.1 Å². The summed E-state index contributed by atoms with van der Waals surface area (Å²) in [5.41, 5.74) is -0.437. The minimum Gasteiger partial charge on any atom is -0.481 e. The van der Waals surface area contributed by atoms with Gasteiger partial charge in [-0.1, -0.05) is 13.0 Å². The van der Waals surface area contributed by atoms with Crippen molar-refractivity contribution in [2.24, 2.45) is 0 Å². The van der Waals surface area contributed by atoms with Crippen LogP contribution < -0.4 is 14.4 Å². The van der Waals surface area contributed by atoms with Crippen LogP contribution in [0.5, 0.6) is 5.75 Å². The van der Waals surface area contributed by atoms with Gasteiger partial charge in [0.15, 0.2) is 6.10 Å². The van der Waals surface area contributed by atoms with Crippen LogP contribution in [0.2, 0.25) is 0 Å². The number of alkyl halides is 3. The number of carbonyl (C=O) groups excluding carboxylic acids is 1. The molecule has 0 unspecified atom stereocenters. The molecule has 0 aliphatic heterocycles. The van der Waals surface area contributed by atoms with Crippen molar-refractivity contribution in [1.82, 2.24) is 0 Å². The molecule has 10 heteroatoms. The smallest absolute Gasteiger partial charge is 0.416 e. The molecule has 2 rings (SSSR count). The zero-order valence-electron chi connectivity index (χ0n) is 16.0. The predicted octanol–water partition coefficient (Wildman–Crippen LogP) is 3.90. The third kappa shape index (κ3) is 6.11. The molecular weight excluding hydrogens is 409 g/mol. The zero-order chi connectivity index (χ0) is 21.8. The number of anilines is 2. The first-order valence-corrected chi connectivity index (χ1v) is 10.5. The maximum atomic E-state index is 12.8. The molecule has 0 saturated carbocycles. The highest BCUT2D eigenvalue weighted by Crippen LogP contribution is 2.30. The Bertz CT molecular complexity index is 960. The number of rotatable bonds is 7. The lowest BCUT2D eigenvalue weighted by molar-refractivity contribution is -0.137. The predicted molar refractivity (Wildman–Crippen MR) is 104 cm³/mol. The lowest BCUT2D eigenvalue weighted by Crippen LogP contribution is -2.32. The molecular formula is C19H21F3N2O4S. The minimum absolute atomic E-state index is 0.0111. The maximum Gasteiger partial charge on any atom is 0.416 e. The van der Waals surface area contributed by atoms with E-state index in [1.165, 1.54) is 43.4 Å². The third-order valence-corrected chi connectivity index (χ3v) is 5.30. The molecule has 1 N–H and O–H groups in total. The molecule has 0 aliphatic rings. The Morgan fingerprint density at radius 3 is 2.31 bits per heavy atom. The number of nitrogens with zero attached hydrogens (tertiary/aromatic N) is 1. The van der Waals surface area contributed by atoms with Crippen LogP contribution in [0.25, 0.3) is 0 Å². The van der Waals surface area contributed by atoms with Crippen molar-refractivity contribution in [2.75, 3.05) is 22.9 Å². The average molecular weight is 430 g/mol. The maximum absolute atomic E-state index is 12.8. The van der Waals surface area contributed by atoms with Gasteiger partial charge in [-0.15, -0.1) is 0 Å². The second-order valence-electron chi connectivity index (χ2n) is 6.31. The Morgan fingerprint density at radius 2 is 1.79 bits per heavy atom. The van der Waals surface area contributed by atoms with Gasteiger partial charge in [0.05, 0.1) is 17.5 Å². The summed E-state index contributed by atoms with van der Waals surface area (Å²) in [5.74, 6) is -0.272. The molecule has 0 bridgehead atoms. The highest BCUT2D eigenvalue weighted by Gasteiger charge is 2.30. The molecule has 158 valence electrons. The lowest BCUT2D eigenvalue weighted by atomic mass is 10.2. The molecule has 0 spiro atoms. The Morgan fingerprint density at radius 1 is 1.17 bits per heavy atom. The van der Waals surface area contributed by atoms with Gasteiger partial charge < -0.3 is 10.1 Å². The van der Waals surface area contributed by atoms with E-state index in [9.17, 15) is 26.4 Å². The zero-order valence-corrected chi connectivity index (χ0v) is 16.8. The van der Waals surface area contributed by atoms with Gasteiger partial charge in [-0.2, -0.15) is 13.2 Å². The molecule has 1 atom stereocenters. The van der Waals surface area contributed by atoms with Gasteiger partial charge in [0.2, 0.25) is 10.0 Å². The molecule has 0 heterocycles. The Labute approximate surface area is 167 Å². The van der Waals surface area contributed by atoms with Gasteiger partial charge in [-0.25, -0.2) is 8.42 Å². The van der Waals surface area contributed by atoms with Gasteiger partial charge in [-0.05, 0) is 48.9 Å². The molecule has 0 radical (unpaired) electrons. The van der Waals surface area contributed by atoms with Crippen LogP contribution in [0.3, 0.4) is 0 Å². The van der Waals surface area contributed by atoms with Crippen molar-refractivity contribution >= 4 is 27.3 Å². The van der Waals surface area contributed by atoms with Crippen LogP contribution >= 0.6 is 0 Å². The molecule has 0 aromatic heterocycles. The van der Waals surface area contributed by atoms with Crippen molar-refractivity contribution in [1.29, 1.82) is 0 Å². The second-order valence-corrected chi connectivity index (χ2v) is 8.32. The van der Waals surface area contributed by atoms with E-state index in [2.05, 4.69) is 5.32 Å². The topological polar surface area (TPSA) is 75.7 Å². The number of benzene rings is 2. The monoisotopic (exact) mass is 430 g/mol. The normalized spacial score (nSPS) is 12.9. The first-order valence-electron chi connectivity index (χ1n) is 8.60. The van der Waals surface area contributed by atoms with E-state index in [-0.39, 0.29) is 12.1 Å². The molecule has 1 amide bonds. The molecule has 6 nitrogen and oxygen atoms in total. The largest absolute Gasteiger partial charge is 0.481 e. The fraction of sp³-hybridized carbons (Fsp3) is 0.316. The number of carbonyl (C=O) groups is 1. The summed E-state index contributed by atoms with van der Waals surface area (Å²) < 4.78 is 68.2. The van der Waals surface area contributed by atoms with E-state index in [4.69, 9.17) is 4.74 Å². The number of ether oxygens (including phenoxy) is 1. The molecule has 2 aromatic rings. The van der Waals surface area contributed by atoms with E-state index < -0.39 is 33.8 Å². The van der Waals surface area contributed by atoms with Gasteiger partial charge >= 0.3 is 6.18 Å². The van der Waals surface area contributed by atoms with Crippen molar-refractivity contribution in [3.63, 3.8) is 0 Å². The number of hydrogen-bond acceptors (Lipinski definition) is 4. The number of halogens is 3. The van der Waals surface area contributed by atoms with Gasteiger partial charge in [0, 0.05) is 12.7 Å². The molecule has 0 fully saturated rings. The van der Waals surface area contributed by atoms with Crippen LogP contribution in [0, 0.1) is 0 Å². The molecule has 0 saturated heterocycles. The van der Waals surface area contributed by atoms with Gasteiger partial charge in [-0.3, -0.25) is 9.10 Å². The van der Waals surface area contributed by atoms with Crippen LogP contribution in [0.4, 0.5) is 24.5 Å². The van der Waals surface area contributed by atoms with Crippen molar-refractivity contribution in [2.45, 2.75) is 25.6 Å². The van der Waals surface area contributed by atoms with E-state index >= 15 is 0 Å². The highest BCUT2D eigenvalue weighted by atomic mass is 32.2. The summed E-state index contributed by atoms with van der Waals surface area (Å²) in [6.07, 6.45) is -4.11. The van der Waals surface area contributed by atoms with E-state index in [0.717, 1.165) is 22.7 Å². The van der Waals surface area contributed by atoms with Crippen molar-refractivity contribution in [3.8, 4) is 5.75 Å². The highest BCUT2D eigenvalue weighted by molar-refractivity contribution is 7.92.